The minimum atomic E-state index is 0.0385. The Balaban J connectivity index is 2.12. The minimum absolute atomic E-state index is 0.0385. The molecule has 6 heteroatoms. The fraction of sp³-hybridized carbons (Fsp3) is 0.750. The van der Waals surface area contributed by atoms with Gasteiger partial charge in [0.25, 0.3) is 0 Å². The van der Waals surface area contributed by atoms with Crippen molar-refractivity contribution in [2.45, 2.75) is 25.8 Å². The summed E-state index contributed by atoms with van der Waals surface area (Å²) in [6, 6.07) is 0.141. The second-order valence-corrected chi connectivity index (χ2v) is 5.04. The van der Waals surface area contributed by atoms with Crippen molar-refractivity contribution in [2.24, 2.45) is 0 Å². The highest BCUT2D eigenvalue weighted by Crippen LogP contribution is 2.20. The van der Waals surface area contributed by atoms with E-state index < -0.39 is 0 Å². The zero-order chi connectivity index (χ0) is 13.1. The Morgan fingerprint density at radius 3 is 2.94 bits per heavy atom. The van der Waals surface area contributed by atoms with Gasteiger partial charge in [0.15, 0.2) is 5.82 Å². The van der Waals surface area contributed by atoms with Crippen LogP contribution in [0.1, 0.15) is 31.1 Å². The summed E-state index contributed by atoms with van der Waals surface area (Å²) in [5, 5.41) is 4.01. The van der Waals surface area contributed by atoms with Crippen molar-refractivity contribution >= 4 is 5.78 Å². The van der Waals surface area contributed by atoms with Gasteiger partial charge in [-0.2, -0.15) is 4.98 Å². The van der Waals surface area contributed by atoms with E-state index in [-0.39, 0.29) is 18.2 Å². The maximum Gasteiger partial charge on any atom is 0.234 e. The van der Waals surface area contributed by atoms with Crippen molar-refractivity contribution in [1.29, 1.82) is 0 Å². The first-order valence-electron chi connectivity index (χ1n) is 6.27. The lowest BCUT2D eigenvalue weighted by Gasteiger charge is -2.24. The van der Waals surface area contributed by atoms with Crippen LogP contribution in [0.25, 0.3) is 0 Å². The molecular weight excluding hydrogens is 232 g/mol. The van der Waals surface area contributed by atoms with E-state index in [2.05, 4.69) is 34.0 Å². The second-order valence-electron chi connectivity index (χ2n) is 5.04. The normalized spacial score (nSPS) is 22.9. The van der Waals surface area contributed by atoms with Gasteiger partial charge >= 0.3 is 0 Å². The number of carbonyl (C=O) groups is 1. The van der Waals surface area contributed by atoms with E-state index in [1.807, 2.05) is 0 Å². The van der Waals surface area contributed by atoms with Crippen LogP contribution in [0.3, 0.4) is 0 Å². The van der Waals surface area contributed by atoms with Crippen molar-refractivity contribution < 1.29 is 9.32 Å². The van der Waals surface area contributed by atoms with Crippen molar-refractivity contribution in [3.63, 3.8) is 0 Å². The molecule has 0 radical (unpaired) electrons. The molecule has 18 heavy (non-hydrogen) atoms. The summed E-state index contributed by atoms with van der Waals surface area (Å²) in [4.78, 5) is 19.9. The van der Waals surface area contributed by atoms with Gasteiger partial charge in [-0.1, -0.05) is 5.16 Å². The zero-order valence-corrected chi connectivity index (χ0v) is 11.2. The third-order valence-corrected chi connectivity index (χ3v) is 3.25. The molecule has 2 heterocycles. The highest BCUT2D eigenvalue weighted by atomic mass is 16.5. The summed E-state index contributed by atoms with van der Waals surface area (Å²) in [5.41, 5.74) is 0. The number of hydrogen-bond acceptors (Lipinski definition) is 6. The average molecular weight is 252 g/mol. The van der Waals surface area contributed by atoms with Crippen LogP contribution in [0, 0.1) is 0 Å². The smallest absolute Gasteiger partial charge is 0.234 e. The molecule has 0 spiro atoms. The van der Waals surface area contributed by atoms with E-state index >= 15 is 0 Å². The van der Waals surface area contributed by atoms with Gasteiger partial charge < -0.3 is 9.42 Å². The van der Waals surface area contributed by atoms with E-state index in [1.54, 1.807) is 0 Å². The largest absolute Gasteiger partial charge is 0.339 e. The van der Waals surface area contributed by atoms with Crippen molar-refractivity contribution in [2.75, 3.05) is 33.7 Å². The average Bonchev–Trinajstić information content (AvgIpc) is 2.65. The van der Waals surface area contributed by atoms with Gasteiger partial charge in [0, 0.05) is 6.54 Å². The number of likely N-dealkylation sites (N-methyl/N-ethyl adjacent to an activating group) is 2. The fourth-order valence-corrected chi connectivity index (χ4v) is 2.24. The van der Waals surface area contributed by atoms with E-state index in [4.69, 9.17) is 4.52 Å². The number of nitrogens with zero attached hydrogens (tertiary/aromatic N) is 4. The monoisotopic (exact) mass is 252 g/mol. The minimum Gasteiger partial charge on any atom is -0.339 e. The first-order valence-corrected chi connectivity index (χ1v) is 6.27. The summed E-state index contributed by atoms with van der Waals surface area (Å²) < 4.78 is 5.13. The Morgan fingerprint density at radius 1 is 1.44 bits per heavy atom. The van der Waals surface area contributed by atoms with Gasteiger partial charge in [-0.15, -0.1) is 0 Å². The van der Waals surface area contributed by atoms with Gasteiger partial charge in [0.05, 0.1) is 12.5 Å². The molecule has 0 aliphatic carbocycles. The van der Waals surface area contributed by atoms with Crippen LogP contribution in [0.5, 0.6) is 0 Å². The summed E-state index contributed by atoms with van der Waals surface area (Å²) >= 11 is 0. The molecule has 1 unspecified atom stereocenters. The molecular formula is C12H20N4O2. The third kappa shape index (κ3) is 3.14. The van der Waals surface area contributed by atoms with Crippen LogP contribution >= 0.6 is 0 Å². The van der Waals surface area contributed by atoms with Crippen molar-refractivity contribution in [3.8, 4) is 0 Å². The first kappa shape index (κ1) is 13.2. The van der Waals surface area contributed by atoms with E-state index in [0.717, 1.165) is 26.1 Å². The molecule has 1 saturated heterocycles. The van der Waals surface area contributed by atoms with E-state index in [1.165, 1.54) is 6.92 Å². The molecule has 0 aromatic carbocycles. The van der Waals surface area contributed by atoms with Crippen molar-refractivity contribution in [3.05, 3.63) is 11.7 Å². The predicted molar refractivity (Wildman–Crippen MR) is 66.2 cm³/mol. The summed E-state index contributed by atoms with van der Waals surface area (Å²) in [6.07, 6.45) is 1.36. The van der Waals surface area contributed by atoms with Gasteiger partial charge in [0.1, 0.15) is 5.78 Å². The zero-order valence-electron chi connectivity index (χ0n) is 11.2. The predicted octanol–water partition coefficient (Wildman–Crippen LogP) is 0.510. The quantitative estimate of drug-likeness (QED) is 0.781. The van der Waals surface area contributed by atoms with Crippen LogP contribution in [0.15, 0.2) is 4.52 Å². The van der Waals surface area contributed by atoms with E-state index in [0.29, 0.717) is 11.7 Å². The lowest BCUT2D eigenvalue weighted by Crippen LogP contribution is -2.31. The third-order valence-electron chi connectivity index (χ3n) is 3.25. The first-order chi connectivity index (χ1) is 8.56. The molecule has 1 aromatic rings. The molecule has 6 nitrogen and oxygen atoms in total. The second kappa shape index (κ2) is 5.58. The number of hydrogen-bond donors (Lipinski definition) is 0. The highest BCUT2D eigenvalue weighted by molar-refractivity contribution is 5.77. The Bertz CT molecular complexity index is 418. The van der Waals surface area contributed by atoms with Gasteiger partial charge in [-0.3, -0.25) is 9.69 Å². The molecule has 1 aliphatic rings. The highest BCUT2D eigenvalue weighted by Gasteiger charge is 2.26. The fourth-order valence-electron chi connectivity index (χ4n) is 2.24. The van der Waals surface area contributed by atoms with Gasteiger partial charge in [0.2, 0.25) is 5.89 Å². The number of rotatable bonds is 3. The topological polar surface area (TPSA) is 62.5 Å². The summed E-state index contributed by atoms with van der Waals surface area (Å²) in [7, 11) is 4.17. The standard InChI is InChI=1S/C12H20N4O2/c1-9(17)7-11-13-12(14-18-11)10-8-15(2)5-4-6-16(10)3/h10H,4-8H2,1-3H3. The molecule has 1 aromatic heterocycles. The Hall–Kier alpha value is -1.27. The number of ketones is 1. The summed E-state index contributed by atoms with van der Waals surface area (Å²) in [5.74, 6) is 1.14. The maximum atomic E-state index is 11.0. The molecule has 0 saturated carbocycles. The SMILES string of the molecule is CC(=O)Cc1nc(C2CN(C)CCCN2C)no1. The Labute approximate surface area is 107 Å². The molecule has 1 aliphatic heterocycles. The molecule has 0 bridgehead atoms. The Morgan fingerprint density at radius 2 is 2.22 bits per heavy atom. The van der Waals surface area contributed by atoms with Crippen LogP contribution < -0.4 is 0 Å². The number of aromatic nitrogens is 2. The number of carbonyl (C=O) groups excluding carboxylic acids is 1. The van der Waals surface area contributed by atoms with Crippen LogP contribution in [0.2, 0.25) is 0 Å². The lowest BCUT2D eigenvalue weighted by molar-refractivity contribution is -0.116. The van der Waals surface area contributed by atoms with Crippen LogP contribution in [0.4, 0.5) is 0 Å². The van der Waals surface area contributed by atoms with Crippen LogP contribution in [-0.4, -0.2) is 59.5 Å². The maximum absolute atomic E-state index is 11.0. The molecule has 100 valence electrons. The summed E-state index contributed by atoms with van der Waals surface area (Å²) in [6.45, 7) is 4.51. The molecule has 1 atom stereocenters. The van der Waals surface area contributed by atoms with Gasteiger partial charge in [-0.25, -0.2) is 0 Å². The Kier molecular flexibility index (Phi) is 4.08. The molecule has 2 rings (SSSR count). The molecule has 0 N–H and O–H groups in total. The number of Topliss-reactive ketones (excluding diaryl/α,β-unsaturated/α-hetero) is 1. The lowest BCUT2D eigenvalue weighted by atomic mass is 10.2. The van der Waals surface area contributed by atoms with Crippen LogP contribution in [-0.2, 0) is 11.2 Å². The van der Waals surface area contributed by atoms with Crippen molar-refractivity contribution in [1.82, 2.24) is 19.9 Å². The molecule has 1 fully saturated rings. The molecule has 0 amide bonds. The van der Waals surface area contributed by atoms with E-state index in [9.17, 15) is 4.79 Å². The van der Waals surface area contributed by atoms with Gasteiger partial charge in [-0.05, 0) is 40.5 Å².